The van der Waals surface area contributed by atoms with E-state index in [2.05, 4.69) is 12.2 Å². The second-order valence-electron chi connectivity index (χ2n) is 4.58. The highest BCUT2D eigenvalue weighted by molar-refractivity contribution is 5.67. The van der Waals surface area contributed by atoms with Crippen LogP contribution in [0.1, 0.15) is 45.4 Å². The fraction of sp³-hybridized carbons (Fsp3) is 0.909. The van der Waals surface area contributed by atoms with Crippen molar-refractivity contribution in [1.29, 1.82) is 0 Å². The van der Waals surface area contributed by atoms with Gasteiger partial charge in [-0.05, 0) is 51.4 Å². The molecule has 1 amide bonds. The Kier molecular flexibility index (Phi) is 2.94. The Hall–Kier alpha value is -0.730. The first kappa shape index (κ1) is 9.81. The van der Waals surface area contributed by atoms with Crippen molar-refractivity contribution < 1.29 is 9.53 Å². The minimum atomic E-state index is -0.212. The highest BCUT2D eigenvalue weighted by Gasteiger charge is 2.30. The van der Waals surface area contributed by atoms with Crippen LogP contribution in [0.25, 0.3) is 0 Å². The fourth-order valence-electron chi connectivity index (χ4n) is 2.09. The van der Waals surface area contributed by atoms with Crippen LogP contribution in [0.3, 0.4) is 0 Å². The molecule has 0 spiro atoms. The minimum Gasteiger partial charge on any atom is -0.446 e. The Morgan fingerprint density at radius 2 is 1.93 bits per heavy atom. The number of carbonyl (C=O) groups excluding carboxylic acids is 1. The van der Waals surface area contributed by atoms with E-state index < -0.39 is 0 Å². The normalized spacial score (nSPS) is 24.6. The standard InChI is InChI=1S/C11H19NO2/c1-8(9-6-7-9)12-11(13)14-10-4-2-3-5-10/h8-10H,2-7H2,1H3,(H,12,13)/t8-/m0/s1. The SMILES string of the molecule is C[C@H](NC(=O)OC1CCCC1)C1CC1. The third-order valence-corrected chi connectivity index (χ3v) is 3.25. The second kappa shape index (κ2) is 4.20. The number of hydrogen-bond acceptors (Lipinski definition) is 2. The number of amides is 1. The van der Waals surface area contributed by atoms with Crippen molar-refractivity contribution in [2.45, 2.75) is 57.6 Å². The molecule has 14 heavy (non-hydrogen) atoms. The van der Waals surface area contributed by atoms with Crippen molar-refractivity contribution in [3.05, 3.63) is 0 Å². The Morgan fingerprint density at radius 1 is 1.29 bits per heavy atom. The van der Waals surface area contributed by atoms with Crippen LogP contribution < -0.4 is 5.32 Å². The van der Waals surface area contributed by atoms with Crippen molar-refractivity contribution in [2.24, 2.45) is 5.92 Å². The summed E-state index contributed by atoms with van der Waals surface area (Å²) in [4.78, 5) is 11.4. The van der Waals surface area contributed by atoms with Gasteiger partial charge >= 0.3 is 6.09 Å². The smallest absolute Gasteiger partial charge is 0.407 e. The number of hydrogen-bond donors (Lipinski definition) is 1. The maximum atomic E-state index is 11.4. The zero-order valence-corrected chi connectivity index (χ0v) is 8.79. The first-order chi connectivity index (χ1) is 6.75. The van der Waals surface area contributed by atoms with Gasteiger partial charge in [0.2, 0.25) is 0 Å². The Morgan fingerprint density at radius 3 is 2.50 bits per heavy atom. The molecule has 3 heteroatoms. The molecule has 0 unspecified atom stereocenters. The first-order valence-electron chi connectivity index (χ1n) is 5.73. The van der Waals surface area contributed by atoms with Gasteiger partial charge in [-0.25, -0.2) is 4.79 Å². The van der Waals surface area contributed by atoms with Gasteiger partial charge in [-0.15, -0.1) is 0 Å². The average Bonchev–Trinajstić information content (AvgIpc) is 2.87. The second-order valence-corrected chi connectivity index (χ2v) is 4.58. The van der Waals surface area contributed by atoms with Gasteiger partial charge < -0.3 is 10.1 Å². The van der Waals surface area contributed by atoms with Gasteiger partial charge in [0.1, 0.15) is 6.10 Å². The fourth-order valence-corrected chi connectivity index (χ4v) is 2.09. The molecule has 2 saturated carbocycles. The van der Waals surface area contributed by atoms with Gasteiger partial charge in [0, 0.05) is 6.04 Å². The summed E-state index contributed by atoms with van der Waals surface area (Å²) in [7, 11) is 0. The molecule has 0 saturated heterocycles. The lowest BCUT2D eigenvalue weighted by Gasteiger charge is -2.16. The van der Waals surface area contributed by atoms with E-state index in [-0.39, 0.29) is 12.2 Å². The molecule has 0 aromatic carbocycles. The number of nitrogens with one attached hydrogen (secondary N) is 1. The van der Waals surface area contributed by atoms with Gasteiger partial charge in [-0.1, -0.05) is 0 Å². The van der Waals surface area contributed by atoms with E-state index in [1.807, 2.05) is 0 Å². The summed E-state index contributed by atoms with van der Waals surface area (Å²) in [5.74, 6) is 0.700. The van der Waals surface area contributed by atoms with E-state index in [9.17, 15) is 4.79 Å². The maximum Gasteiger partial charge on any atom is 0.407 e. The van der Waals surface area contributed by atoms with Crippen molar-refractivity contribution in [1.82, 2.24) is 5.32 Å². The molecule has 0 aromatic rings. The lowest BCUT2D eigenvalue weighted by Crippen LogP contribution is -2.36. The predicted octanol–water partition coefficient (Wildman–Crippen LogP) is 2.45. The first-order valence-corrected chi connectivity index (χ1v) is 5.73. The molecule has 2 aliphatic carbocycles. The Labute approximate surface area is 85.2 Å². The van der Waals surface area contributed by atoms with Crippen LogP contribution in [0.2, 0.25) is 0 Å². The maximum absolute atomic E-state index is 11.4. The number of rotatable bonds is 3. The molecule has 0 aliphatic heterocycles. The van der Waals surface area contributed by atoms with Gasteiger partial charge in [-0.2, -0.15) is 0 Å². The molecule has 1 N–H and O–H groups in total. The van der Waals surface area contributed by atoms with Crippen LogP contribution in [0.5, 0.6) is 0 Å². The van der Waals surface area contributed by atoms with Gasteiger partial charge in [-0.3, -0.25) is 0 Å². The van der Waals surface area contributed by atoms with Crippen molar-refractivity contribution in [3.8, 4) is 0 Å². The molecule has 0 bridgehead atoms. The monoisotopic (exact) mass is 197 g/mol. The van der Waals surface area contributed by atoms with E-state index in [0.29, 0.717) is 12.0 Å². The third-order valence-electron chi connectivity index (χ3n) is 3.25. The number of ether oxygens (including phenoxy) is 1. The van der Waals surface area contributed by atoms with E-state index in [1.54, 1.807) is 0 Å². The molecule has 2 aliphatic rings. The van der Waals surface area contributed by atoms with Gasteiger partial charge in [0.05, 0.1) is 0 Å². The minimum absolute atomic E-state index is 0.182. The average molecular weight is 197 g/mol. The zero-order valence-electron chi connectivity index (χ0n) is 8.79. The van der Waals surface area contributed by atoms with Crippen LogP contribution in [0, 0.1) is 5.92 Å². The summed E-state index contributed by atoms with van der Waals surface area (Å²) in [6, 6.07) is 0.295. The van der Waals surface area contributed by atoms with Crippen LogP contribution in [-0.2, 0) is 4.74 Å². The zero-order chi connectivity index (χ0) is 9.97. The molecule has 2 fully saturated rings. The van der Waals surface area contributed by atoms with E-state index in [0.717, 1.165) is 12.8 Å². The Bertz CT molecular complexity index is 201. The molecule has 0 radical (unpaired) electrons. The van der Waals surface area contributed by atoms with Crippen molar-refractivity contribution in [2.75, 3.05) is 0 Å². The summed E-state index contributed by atoms with van der Waals surface area (Å²) >= 11 is 0. The van der Waals surface area contributed by atoms with Crippen molar-refractivity contribution >= 4 is 6.09 Å². The number of carbonyl (C=O) groups is 1. The van der Waals surface area contributed by atoms with Crippen LogP contribution in [0.4, 0.5) is 4.79 Å². The summed E-state index contributed by atoms with van der Waals surface area (Å²) in [5.41, 5.74) is 0. The van der Waals surface area contributed by atoms with E-state index >= 15 is 0 Å². The quantitative estimate of drug-likeness (QED) is 0.754. The van der Waals surface area contributed by atoms with E-state index in [1.165, 1.54) is 25.7 Å². The lowest BCUT2D eigenvalue weighted by molar-refractivity contribution is 0.0976. The molecule has 0 heterocycles. The summed E-state index contributed by atoms with van der Waals surface area (Å²) in [6.07, 6.45) is 6.98. The highest BCUT2D eigenvalue weighted by Crippen LogP contribution is 2.32. The third kappa shape index (κ3) is 2.63. The summed E-state index contributed by atoms with van der Waals surface area (Å²) in [5, 5.41) is 2.91. The highest BCUT2D eigenvalue weighted by atomic mass is 16.6. The molecule has 1 atom stereocenters. The predicted molar refractivity (Wildman–Crippen MR) is 54.1 cm³/mol. The lowest BCUT2D eigenvalue weighted by atomic mass is 10.2. The molecule has 2 rings (SSSR count). The van der Waals surface area contributed by atoms with Gasteiger partial charge in [0.15, 0.2) is 0 Å². The van der Waals surface area contributed by atoms with Crippen LogP contribution in [0.15, 0.2) is 0 Å². The van der Waals surface area contributed by atoms with E-state index in [4.69, 9.17) is 4.74 Å². The topological polar surface area (TPSA) is 38.3 Å². The van der Waals surface area contributed by atoms with Crippen molar-refractivity contribution in [3.63, 3.8) is 0 Å². The van der Waals surface area contributed by atoms with Crippen LogP contribution >= 0.6 is 0 Å². The summed E-state index contributed by atoms with van der Waals surface area (Å²) < 4.78 is 5.31. The molecular formula is C11H19NO2. The molecular weight excluding hydrogens is 178 g/mol. The van der Waals surface area contributed by atoms with Crippen LogP contribution in [-0.4, -0.2) is 18.2 Å². The summed E-state index contributed by atoms with van der Waals surface area (Å²) in [6.45, 7) is 2.06. The molecule has 3 nitrogen and oxygen atoms in total. The molecule has 80 valence electrons. The van der Waals surface area contributed by atoms with Gasteiger partial charge in [0.25, 0.3) is 0 Å². The Balaban J connectivity index is 1.66. The molecule has 0 aromatic heterocycles. The number of alkyl carbamates (subject to hydrolysis) is 1. The largest absolute Gasteiger partial charge is 0.446 e.